The van der Waals surface area contributed by atoms with Crippen LogP contribution in [0.1, 0.15) is 18.1 Å². The van der Waals surface area contributed by atoms with Gasteiger partial charge in [-0.15, -0.1) is 0 Å². The summed E-state index contributed by atoms with van der Waals surface area (Å²) < 4.78 is 5.22. The number of rotatable bonds is 3. The zero-order chi connectivity index (χ0) is 17.1. The molecule has 24 heavy (non-hydrogen) atoms. The Morgan fingerprint density at radius 2 is 1.88 bits per heavy atom. The first kappa shape index (κ1) is 16.5. The van der Waals surface area contributed by atoms with E-state index in [2.05, 4.69) is 4.99 Å². The van der Waals surface area contributed by atoms with Gasteiger partial charge < -0.3 is 4.74 Å². The van der Waals surface area contributed by atoms with Gasteiger partial charge in [0, 0.05) is 5.02 Å². The normalized spacial score (nSPS) is 16.3. The maximum Gasteiger partial charge on any atom is 0.363 e. The van der Waals surface area contributed by atoms with Crippen LogP contribution in [0.2, 0.25) is 10.0 Å². The minimum absolute atomic E-state index is 0.181. The molecule has 0 fully saturated rings. The summed E-state index contributed by atoms with van der Waals surface area (Å²) in [7, 11) is 0. The average Bonchev–Trinajstić information content (AvgIpc) is 2.88. The van der Waals surface area contributed by atoms with E-state index in [9.17, 15) is 4.79 Å². The number of hydrogen-bond acceptors (Lipinski definition) is 3. The number of allylic oxidation sites excluding steroid dienone is 2. The monoisotopic (exact) mass is 357 g/mol. The zero-order valence-electron chi connectivity index (χ0n) is 12.8. The van der Waals surface area contributed by atoms with Crippen LogP contribution in [0.25, 0.3) is 6.08 Å². The molecule has 2 aromatic carbocycles. The molecule has 0 aliphatic carbocycles. The van der Waals surface area contributed by atoms with E-state index in [-0.39, 0.29) is 11.6 Å². The van der Waals surface area contributed by atoms with Crippen molar-refractivity contribution in [2.75, 3.05) is 0 Å². The highest BCUT2D eigenvalue weighted by atomic mass is 35.5. The average molecular weight is 358 g/mol. The molecule has 0 spiro atoms. The third-order valence-corrected chi connectivity index (χ3v) is 3.89. The first-order valence-electron chi connectivity index (χ1n) is 7.24. The van der Waals surface area contributed by atoms with Crippen LogP contribution in [0.5, 0.6) is 0 Å². The second-order valence-electron chi connectivity index (χ2n) is 5.26. The largest absolute Gasteiger partial charge is 0.402 e. The van der Waals surface area contributed by atoms with Crippen LogP contribution in [-0.2, 0) is 9.53 Å². The van der Waals surface area contributed by atoms with E-state index in [1.165, 1.54) is 0 Å². The van der Waals surface area contributed by atoms with E-state index in [0.717, 1.165) is 11.1 Å². The molecule has 1 heterocycles. The van der Waals surface area contributed by atoms with Crippen LogP contribution in [0.4, 0.5) is 0 Å². The standard InChI is InChI=1S/C19H13Cl2NO2/c1-12(9-13-5-3-2-4-6-13)10-17-19(23)24-18(22-17)15-8-7-14(20)11-16(15)21/h2-11H,1H3/b12-9+,17-10-. The highest BCUT2D eigenvalue weighted by molar-refractivity contribution is 6.37. The third kappa shape index (κ3) is 3.75. The quantitative estimate of drug-likeness (QED) is 0.553. The fourth-order valence-corrected chi connectivity index (χ4v) is 2.75. The highest BCUT2D eigenvalue weighted by Gasteiger charge is 2.25. The van der Waals surface area contributed by atoms with Crippen LogP contribution >= 0.6 is 23.2 Å². The summed E-state index contributed by atoms with van der Waals surface area (Å²) in [6, 6.07) is 14.7. The molecule has 5 heteroatoms. The van der Waals surface area contributed by atoms with Crippen LogP contribution in [0.3, 0.4) is 0 Å². The van der Waals surface area contributed by atoms with Gasteiger partial charge in [-0.1, -0.05) is 59.6 Å². The van der Waals surface area contributed by atoms with Crippen molar-refractivity contribution in [1.82, 2.24) is 0 Å². The van der Waals surface area contributed by atoms with E-state index in [4.69, 9.17) is 27.9 Å². The Kier molecular flexibility index (Phi) is 4.84. The summed E-state index contributed by atoms with van der Waals surface area (Å²) in [6.07, 6.45) is 3.65. The molecule has 0 radical (unpaired) electrons. The Hall–Kier alpha value is -2.36. The molecule has 0 aromatic heterocycles. The lowest BCUT2D eigenvalue weighted by atomic mass is 10.1. The molecule has 0 bridgehead atoms. The van der Waals surface area contributed by atoms with Gasteiger partial charge in [0.25, 0.3) is 0 Å². The molecule has 0 unspecified atom stereocenters. The maximum atomic E-state index is 12.0. The van der Waals surface area contributed by atoms with Crippen molar-refractivity contribution in [1.29, 1.82) is 0 Å². The molecule has 0 saturated carbocycles. The molecule has 0 atom stereocenters. The molecule has 3 rings (SSSR count). The molecule has 2 aromatic rings. The molecular weight excluding hydrogens is 345 g/mol. The van der Waals surface area contributed by atoms with Crippen molar-refractivity contribution in [2.24, 2.45) is 4.99 Å². The smallest absolute Gasteiger partial charge is 0.363 e. The first-order valence-corrected chi connectivity index (χ1v) is 8.00. The number of hydrogen-bond donors (Lipinski definition) is 0. The number of aliphatic imine (C=N–C) groups is 1. The Balaban J connectivity index is 1.90. The number of cyclic esters (lactones) is 1. The Morgan fingerprint density at radius 3 is 2.58 bits per heavy atom. The predicted octanol–water partition coefficient (Wildman–Crippen LogP) is 5.28. The molecule has 120 valence electrons. The van der Waals surface area contributed by atoms with E-state index < -0.39 is 5.97 Å². The predicted molar refractivity (Wildman–Crippen MR) is 97.3 cm³/mol. The number of nitrogens with zero attached hydrogens (tertiary/aromatic N) is 1. The number of ether oxygens (including phenoxy) is 1. The minimum Gasteiger partial charge on any atom is -0.402 e. The van der Waals surface area contributed by atoms with Gasteiger partial charge in [-0.2, -0.15) is 0 Å². The second-order valence-corrected chi connectivity index (χ2v) is 6.10. The second kappa shape index (κ2) is 7.04. The van der Waals surface area contributed by atoms with Gasteiger partial charge in [0.15, 0.2) is 5.70 Å². The van der Waals surface area contributed by atoms with E-state index in [1.807, 2.05) is 43.3 Å². The summed E-state index contributed by atoms with van der Waals surface area (Å²) in [4.78, 5) is 16.3. The maximum absolute atomic E-state index is 12.0. The fourth-order valence-electron chi connectivity index (χ4n) is 2.26. The summed E-state index contributed by atoms with van der Waals surface area (Å²) in [6.45, 7) is 1.90. The number of benzene rings is 2. The van der Waals surface area contributed by atoms with Gasteiger partial charge >= 0.3 is 5.97 Å². The number of halogens is 2. The molecular formula is C19H13Cl2NO2. The van der Waals surface area contributed by atoms with Crippen molar-refractivity contribution in [3.8, 4) is 0 Å². The van der Waals surface area contributed by atoms with Crippen molar-refractivity contribution < 1.29 is 9.53 Å². The zero-order valence-corrected chi connectivity index (χ0v) is 14.3. The van der Waals surface area contributed by atoms with Gasteiger partial charge in [0.1, 0.15) is 0 Å². The van der Waals surface area contributed by atoms with Crippen molar-refractivity contribution >= 4 is 41.1 Å². The molecule has 0 N–H and O–H groups in total. The molecule has 0 saturated heterocycles. The fraction of sp³-hybridized carbons (Fsp3) is 0.0526. The number of carbonyl (C=O) groups excluding carboxylic acids is 1. The lowest BCUT2D eigenvalue weighted by molar-refractivity contribution is -0.130. The Bertz CT molecular complexity index is 883. The molecule has 1 aliphatic heterocycles. The minimum atomic E-state index is -0.503. The van der Waals surface area contributed by atoms with Crippen LogP contribution in [-0.4, -0.2) is 11.9 Å². The van der Waals surface area contributed by atoms with Gasteiger partial charge in [-0.05, 0) is 42.3 Å². The van der Waals surface area contributed by atoms with Gasteiger partial charge in [-0.25, -0.2) is 9.79 Å². The van der Waals surface area contributed by atoms with Crippen LogP contribution in [0, 0.1) is 0 Å². The summed E-state index contributed by atoms with van der Waals surface area (Å²) >= 11 is 12.0. The number of esters is 1. The van der Waals surface area contributed by atoms with E-state index in [0.29, 0.717) is 15.6 Å². The SMILES string of the molecule is CC(/C=C1\N=C(c2ccc(Cl)cc2Cl)OC1=O)=C\c1ccccc1. The van der Waals surface area contributed by atoms with Gasteiger partial charge in [0.2, 0.25) is 5.90 Å². The van der Waals surface area contributed by atoms with Crippen molar-refractivity contribution in [3.63, 3.8) is 0 Å². The summed E-state index contributed by atoms with van der Waals surface area (Å²) in [5.74, 6) is -0.322. The summed E-state index contributed by atoms with van der Waals surface area (Å²) in [5.41, 5.74) is 2.70. The third-order valence-electron chi connectivity index (χ3n) is 3.34. The van der Waals surface area contributed by atoms with Crippen LogP contribution in [0.15, 0.2) is 70.9 Å². The highest BCUT2D eigenvalue weighted by Crippen LogP contribution is 2.26. The van der Waals surface area contributed by atoms with Gasteiger partial charge in [0.05, 0.1) is 10.6 Å². The number of carbonyl (C=O) groups is 1. The Labute approximate surface area is 149 Å². The lowest BCUT2D eigenvalue weighted by Crippen LogP contribution is -2.06. The molecule has 0 amide bonds. The topological polar surface area (TPSA) is 38.7 Å². The molecule has 1 aliphatic rings. The van der Waals surface area contributed by atoms with Crippen molar-refractivity contribution in [3.05, 3.63) is 87.0 Å². The van der Waals surface area contributed by atoms with Gasteiger partial charge in [-0.3, -0.25) is 0 Å². The van der Waals surface area contributed by atoms with Crippen LogP contribution < -0.4 is 0 Å². The first-order chi connectivity index (χ1) is 11.5. The summed E-state index contributed by atoms with van der Waals surface area (Å²) in [5, 5.41) is 0.887. The molecule has 3 nitrogen and oxygen atoms in total. The Morgan fingerprint density at radius 1 is 1.12 bits per heavy atom. The van der Waals surface area contributed by atoms with E-state index >= 15 is 0 Å². The van der Waals surface area contributed by atoms with Crippen molar-refractivity contribution in [2.45, 2.75) is 6.92 Å². The van der Waals surface area contributed by atoms with E-state index in [1.54, 1.807) is 24.3 Å². The lowest BCUT2D eigenvalue weighted by Gasteiger charge is -2.02.